The summed E-state index contributed by atoms with van der Waals surface area (Å²) < 4.78 is 66.6. The Bertz CT molecular complexity index is 2170. The smallest absolute Gasteiger partial charge is 0.197 e. The lowest BCUT2D eigenvalue weighted by atomic mass is 10.1. The predicted octanol–water partition coefficient (Wildman–Crippen LogP) is 8.45. The molecular weight excluding hydrogens is 724 g/mol. The Kier molecular flexibility index (Phi) is 10.3. The van der Waals surface area contributed by atoms with Crippen LogP contribution in [-0.4, -0.2) is 40.7 Å². The molecule has 0 spiro atoms. The Morgan fingerprint density at radius 2 is 1.88 bits per heavy atom. The van der Waals surface area contributed by atoms with Crippen molar-refractivity contribution in [1.82, 2.24) is 19.9 Å². The van der Waals surface area contributed by atoms with Crippen LogP contribution in [0.15, 0.2) is 100 Å². The number of ether oxygens (including phenoxy) is 2. The molecule has 0 saturated carbocycles. The third-order valence-corrected chi connectivity index (χ3v) is 10.4. The van der Waals surface area contributed by atoms with Gasteiger partial charge >= 0.3 is 0 Å². The van der Waals surface area contributed by atoms with Crippen molar-refractivity contribution in [3.8, 4) is 17.0 Å². The maximum atomic E-state index is 15.4. The van der Waals surface area contributed by atoms with Gasteiger partial charge in [-0.1, -0.05) is 25.1 Å². The molecule has 0 fully saturated rings. The van der Waals surface area contributed by atoms with E-state index in [-0.39, 0.29) is 35.4 Å². The van der Waals surface area contributed by atoms with Crippen LogP contribution >= 0.6 is 27.3 Å². The van der Waals surface area contributed by atoms with E-state index in [4.69, 9.17) is 9.47 Å². The van der Waals surface area contributed by atoms with Gasteiger partial charge in [0, 0.05) is 34.3 Å². The van der Waals surface area contributed by atoms with E-state index in [9.17, 15) is 12.8 Å². The average Bonchev–Trinajstić information content (AvgIpc) is 3.56. The summed E-state index contributed by atoms with van der Waals surface area (Å²) in [7, 11) is -3.60. The zero-order chi connectivity index (χ0) is 33.7. The van der Waals surface area contributed by atoms with Crippen LogP contribution in [0.25, 0.3) is 22.2 Å². The monoisotopic (exact) mass is 751 g/mol. The van der Waals surface area contributed by atoms with Crippen molar-refractivity contribution in [1.29, 1.82) is 0 Å². The van der Waals surface area contributed by atoms with Crippen LogP contribution in [0.4, 0.5) is 20.3 Å². The molecule has 0 bridgehead atoms. The molecule has 6 aromatic rings. The quantitative estimate of drug-likeness (QED) is 0.124. The van der Waals surface area contributed by atoms with E-state index in [1.54, 1.807) is 41.8 Å². The summed E-state index contributed by atoms with van der Waals surface area (Å²) in [5.74, 6) is -0.0187. The van der Waals surface area contributed by atoms with Crippen LogP contribution in [0.3, 0.4) is 0 Å². The summed E-state index contributed by atoms with van der Waals surface area (Å²) in [5, 5.41) is 6.20. The Balaban J connectivity index is 1.17. The minimum atomic E-state index is -3.60. The molecule has 1 atom stereocenters. The fraction of sp³-hybridized carbons (Fsp3) is 0.176. The summed E-state index contributed by atoms with van der Waals surface area (Å²) in [5.41, 5.74) is 2.47. The molecule has 1 unspecified atom stereocenters. The average molecular weight is 753 g/mol. The van der Waals surface area contributed by atoms with E-state index in [1.807, 2.05) is 19.1 Å². The van der Waals surface area contributed by atoms with Gasteiger partial charge in [0.2, 0.25) is 0 Å². The van der Waals surface area contributed by atoms with Gasteiger partial charge in [-0.25, -0.2) is 37.1 Å². The summed E-state index contributed by atoms with van der Waals surface area (Å²) in [6.45, 7) is 2.07. The highest BCUT2D eigenvalue weighted by Gasteiger charge is 2.21. The van der Waals surface area contributed by atoms with Gasteiger partial charge in [0.05, 0.1) is 28.0 Å². The summed E-state index contributed by atoms with van der Waals surface area (Å²) in [6, 6.07) is 19.3. The minimum Gasteiger partial charge on any atom is -0.488 e. The predicted molar refractivity (Wildman–Crippen MR) is 184 cm³/mol. The van der Waals surface area contributed by atoms with Gasteiger partial charge in [-0.2, -0.15) is 0 Å². The SMILES string of the molecule is CCC(OCCS(=O)(=O)c1ccccn1)c1nc(-c2cc3c(Nc4ccc(OCc5cccc(F)c5)c(Br)c4)ncnc3cc2F)cs1. The first-order chi connectivity index (χ1) is 23.2. The Hall–Kier alpha value is -4.37. The van der Waals surface area contributed by atoms with E-state index in [0.29, 0.717) is 55.3 Å². The number of fused-ring (bicyclic) bond motifs is 1. The number of aromatic nitrogens is 4. The molecule has 0 amide bonds. The van der Waals surface area contributed by atoms with Crippen LogP contribution in [0.2, 0.25) is 0 Å². The standard InChI is InChI=1S/C34H28BrF2N5O4S2/c1-2-30(45-12-13-48(43,44)32-8-3-4-11-38-32)34-42-29(19-47-34)24-16-25-28(17-27(24)37)39-20-40-33(25)41-23-9-10-31(26(35)15-23)46-18-21-6-5-7-22(36)14-21/h3-11,14-17,19-20,30H,2,12-13,18H2,1H3,(H,39,40,41). The van der Waals surface area contributed by atoms with Gasteiger partial charge in [0.25, 0.3) is 0 Å². The number of nitrogens with zero attached hydrogens (tertiary/aromatic N) is 4. The van der Waals surface area contributed by atoms with Crippen LogP contribution in [0, 0.1) is 11.6 Å². The molecule has 0 aliphatic rings. The van der Waals surface area contributed by atoms with E-state index < -0.39 is 21.8 Å². The highest BCUT2D eigenvalue weighted by molar-refractivity contribution is 9.10. The maximum absolute atomic E-state index is 15.4. The number of sulfone groups is 1. The van der Waals surface area contributed by atoms with Crippen molar-refractivity contribution in [2.24, 2.45) is 0 Å². The third-order valence-electron chi connectivity index (χ3n) is 7.27. The fourth-order valence-corrected chi connectivity index (χ4v) is 7.33. The van der Waals surface area contributed by atoms with Crippen molar-refractivity contribution >= 4 is 59.5 Å². The van der Waals surface area contributed by atoms with Gasteiger partial charge in [0.15, 0.2) is 14.9 Å². The summed E-state index contributed by atoms with van der Waals surface area (Å²) >= 11 is 4.85. The minimum absolute atomic E-state index is 0.000826. The van der Waals surface area contributed by atoms with Crippen LogP contribution < -0.4 is 10.1 Å². The molecule has 1 N–H and O–H groups in total. The number of hydrogen-bond donors (Lipinski definition) is 1. The van der Waals surface area contributed by atoms with Crippen LogP contribution in [-0.2, 0) is 21.2 Å². The molecule has 0 radical (unpaired) electrons. The lowest BCUT2D eigenvalue weighted by molar-refractivity contribution is 0.0609. The van der Waals surface area contributed by atoms with Gasteiger partial charge in [-0.15, -0.1) is 11.3 Å². The first kappa shape index (κ1) is 33.5. The second-order valence-corrected chi connectivity index (χ2v) is 14.4. The highest BCUT2D eigenvalue weighted by Crippen LogP contribution is 2.35. The van der Waals surface area contributed by atoms with E-state index >= 15 is 4.39 Å². The van der Waals surface area contributed by atoms with Crippen molar-refractivity contribution in [3.05, 3.63) is 117 Å². The summed E-state index contributed by atoms with van der Waals surface area (Å²) in [6.07, 6.45) is 2.87. The molecule has 3 aromatic heterocycles. The fourth-order valence-electron chi connectivity index (χ4n) is 4.85. The first-order valence-electron chi connectivity index (χ1n) is 14.8. The lowest BCUT2D eigenvalue weighted by Crippen LogP contribution is -2.15. The van der Waals surface area contributed by atoms with Crippen LogP contribution in [0.5, 0.6) is 5.75 Å². The molecule has 3 aromatic carbocycles. The molecule has 0 aliphatic carbocycles. The van der Waals surface area contributed by atoms with Gasteiger partial charge in [0.1, 0.15) is 47.2 Å². The zero-order valence-corrected chi connectivity index (χ0v) is 28.7. The number of halogens is 3. The number of nitrogens with one attached hydrogen (secondary N) is 1. The van der Waals surface area contributed by atoms with Crippen molar-refractivity contribution in [3.63, 3.8) is 0 Å². The molecule has 3 heterocycles. The Morgan fingerprint density at radius 3 is 2.65 bits per heavy atom. The summed E-state index contributed by atoms with van der Waals surface area (Å²) in [4.78, 5) is 17.3. The largest absolute Gasteiger partial charge is 0.488 e. The number of pyridine rings is 1. The van der Waals surface area contributed by atoms with Gasteiger partial charge in [-0.3, -0.25) is 0 Å². The van der Waals surface area contributed by atoms with Crippen molar-refractivity contribution < 1.29 is 26.7 Å². The molecule has 6 rings (SSSR count). The lowest BCUT2D eigenvalue weighted by Gasteiger charge is -2.14. The number of anilines is 2. The number of hydrogen-bond acceptors (Lipinski definition) is 10. The molecule has 0 aliphatic heterocycles. The molecule has 9 nitrogen and oxygen atoms in total. The van der Waals surface area contributed by atoms with Gasteiger partial charge in [-0.05, 0) is 76.4 Å². The molecular formula is C34H28BrF2N5O4S2. The first-order valence-corrected chi connectivity index (χ1v) is 18.1. The zero-order valence-electron chi connectivity index (χ0n) is 25.4. The Morgan fingerprint density at radius 1 is 1.00 bits per heavy atom. The Labute approximate surface area is 288 Å². The maximum Gasteiger partial charge on any atom is 0.197 e. The molecule has 0 saturated heterocycles. The van der Waals surface area contributed by atoms with Crippen molar-refractivity contribution in [2.75, 3.05) is 17.7 Å². The van der Waals surface area contributed by atoms with E-state index in [1.165, 1.54) is 48.1 Å². The van der Waals surface area contributed by atoms with Crippen molar-refractivity contribution in [2.45, 2.75) is 31.1 Å². The molecule has 246 valence electrons. The number of rotatable bonds is 13. The molecule has 14 heteroatoms. The van der Waals surface area contributed by atoms with E-state index in [2.05, 4.69) is 41.2 Å². The normalized spacial score (nSPS) is 12.2. The van der Waals surface area contributed by atoms with Crippen LogP contribution in [0.1, 0.15) is 30.0 Å². The second-order valence-electron chi connectivity index (χ2n) is 10.6. The molecule has 48 heavy (non-hydrogen) atoms. The second kappa shape index (κ2) is 14.8. The number of thiazole rings is 1. The third kappa shape index (κ3) is 7.84. The van der Waals surface area contributed by atoms with E-state index in [0.717, 1.165) is 0 Å². The topological polar surface area (TPSA) is 116 Å². The number of benzene rings is 3. The highest BCUT2D eigenvalue weighted by atomic mass is 79.9. The van der Waals surface area contributed by atoms with Gasteiger partial charge < -0.3 is 14.8 Å².